The van der Waals surface area contributed by atoms with Crippen molar-refractivity contribution in [2.45, 2.75) is 38.7 Å². The summed E-state index contributed by atoms with van der Waals surface area (Å²) in [4.78, 5) is 11.0. The van der Waals surface area contributed by atoms with Crippen LogP contribution in [-0.4, -0.2) is 42.1 Å². The first-order valence-corrected chi connectivity index (χ1v) is 7.36. The maximum atomic E-state index is 11.0. The van der Waals surface area contributed by atoms with E-state index in [-0.39, 0.29) is 24.5 Å². The molecular weight excluding hydrogens is 272 g/mol. The number of carboxylic acid groups (broad SMARTS) is 1. The lowest BCUT2D eigenvalue weighted by Gasteiger charge is -2.14. The Bertz CT molecular complexity index is 419. The molecule has 0 radical (unpaired) electrons. The van der Waals surface area contributed by atoms with Crippen LogP contribution in [0, 0.1) is 0 Å². The summed E-state index contributed by atoms with van der Waals surface area (Å²) in [6.07, 6.45) is 3.73. The fourth-order valence-corrected chi connectivity index (χ4v) is 1.85. The Morgan fingerprint density at radius 2 is 1.95 bits per heavy atom. The second-order valence-electron chi connectivity index (χ2n) is 4.90. The predicted molar refractivity (Wildman–Crippen MR) is 79.9 cm³/mol. The van der Waals surface area contributed by atoms with Crippen molar-refractivity contribution in [2.75, 3.05) is 19.8 Å². The molecule has 118 valence electrons. The zero-order valence-electron chi connectivity index (χ0n) is 12.5. The van der Waals surface area contributed by atoms with Gasteiger partial charge in [-0.15, -0.1) is 0 Å². The van der Waals surface area contributed by atoms with Gasteiger partial charge in [0.1, 0.15) is 24.0 Å². The number of hydrogen-bond donors (Lipinski definition) is 2. The van der Waals surface area contributed by atoms with Crippen LogP contribution >= 0.6 is 0 Å². The second-order valence-corrected chi connectivity index (χ2v) is 4.90. The number of aliphatic hydroxyl groups is 1. The summed E-state index contributed by atoms with van der Waals surface area (Å²) < 4.78 is 10.7. The van der Waals surface area contributed by atoms with Gasteiger partial charge < -0.3 is 19.7 Å². The maximum absolute atomic E-state index is 11.0. The van der Waals surface area contributed by atoms with Gasteiger partial charge in [-0.2, -0.15) is 0 Å². The molecule has 5 nitrogen and oxygen atoms in total. The molecule has 0 fully saturated rings. The van der Waals surface area contributed by atoms with Crippen LogP contribution < -0.4 is 4.74 Å². The van der Waals surface area contributed by atoms with E-state index in [2.05, 4.69) is 6.92 Å². The zero-order valence-corrected chi connectivity index (χ0v) is 12.5. The van der Waals surface area contributed by atoms with Crippen molar-refractivity contribution in [1.29, 1.82) is 0 Å². The Kier molecular flexibility index (Phi) is 8.47. The molecule has 21 heavy (non-hydrogen) atoms. The van der Waals surface area contributed by atoms with Gasteiger partial charge in [0.2, 0.25) is 0 Å². The fourth-order valence-electron chi connectivity index (χ4n) is 1.85. The van der Waals surface area contributed by atoms with Crippen molar-refractivity contribution < 1.29 is 24.5 Å². The van der Waals surface area contributed by atoms with Gasteiger partial charge in [0.05, 0.1) is 6.61 Å². The van der Waals surface area contributed by atoms with Crippen molar-refractivity contribution in [3.63, 3.8) is 0 Å². The molecule has 0 unspecified atom stereocenters. The molecule has 0 aliphatic heterocycles. The van der Waals surface area contributed by atoms with Crippen molar-refractivity contribution >= 4 is 5.97 Å². The van der Waals surface area contributed by atoms with E-state index >= 15 is 0 Å². The minimum Gasteiger partial charge on any atom is -0.490 e. The highest BCUT2D eigenvalue weighted by atomic mass is 16.5. The van der Waals surface area contributed by atoms with Crippen LogP contribution in [0.1, 0.15) is 43.0 Å². The maximum Gasteiger partial charge on any atom is 0.339 e. The zero-order chi connectivity index (χ0) is 15.5. The standard InChI is InChI=1S/C16H24O5/c1-2-3-4-7-10-20-11-13(17)12-21-15-9-6-5-8-14(15)16(18)19/h5-6,8-9,13,17H,2-4,7,10-12H2,1H3,(H,18,19)/t13-/m0/s1. The number of ether oxygens (including phenoxy) is 2. The summed E-state index contributed by atoms with van der Waals surface area (Å²) in [6.45, 7) is 2.99. The van der Waals surface area contributed by atoms with Gasteiger partial charge >= 0.3 is 5.97 Å². The van der Waals surface area contributed by atoms with Gasteiger partial charge in [-0.1, -0.05) is 38.3 Å². The summed E-state index contributed by atoms with van der Waals surface area (Å²) in [5.41, 5.74) is 0.0881. The number of carboxylic acids is 1. The predicted octanol–water partition coefficient (Wildman–Crippen LogP) is 2.72. The highest BCUT2D eigenvalue weighted by Gasteiger charge is 2.12. The Balaban J connectivity index is 2.24. The highest BCUT2D eigenvalue weighted by molar-refractivity contribution is 5.90. The van der Waals surface area contributed by atoms with Gasteiger partial charge in [-0.3, -0.25) is 0 Å². The largest absolute Gasteiger partial charge is 0.490 e. The molecule has 1 aromatic rings. The Labute approximate surface area is 125 Å². The van der Waals surface area contributed by atoms with Crippen molar-refractivity contribution in [2.24, 2.45) is 0 Å². The molecule has 2 N–H and O–H groups in total. The molecule has 0 amide bonds. The van der Waals surface area contributed by atoms with E-state index in [9.17, 15) is 9.90 Å². The Morgan fingerprint density at radius 3 is 2.67 bits per heavy atom. The highest BCUT2D eigenvalue weighted by Crippen LogP contribution is 2.17. The molecule has 5 heteroatoms. The smallest absolute Gasteiger partial charge is 0.339 e. The molecule has 0 bridgehead atoms. The molecule has 0 aliphatic carbocycles. The van der Waals surface area contributed by atoms with Crippen LogP contribution in [0.3, 0.4) is 0 Å². The Hall–Kier alpha value is -1.59. The number of hydrogen-bond acceptors (Lipinski definition) is 4. The molecule has 0 aliphatic rings. The van der Waals surface area contributed by atoms with E-state index in [1.807, 2.05) is 0 Å². The van der Waals surface area contributed by atoms with Crippen LogP contribution in [0.2, 0.25) is 0 Å². The lowest BCUT2D eigenvalue weighted by Crippen LogP contribution is -2.24. The van der Waals surface area contributed by atoms with E-state index in [4.69, 9.17) is 14.6 Å². The first-order valence-electron chi connectivity index (χ1n) is 7.36. The number of aliphatic hydroxyl groups excluding tert-OH is 1. The minimum absolute atomic E-state index is 0.0131. The van der Waals surface area contributed by atoms with Gasteiger partial charge in [0, 0.05) is 6.61 Å². The van der Waals surface area contributed by atoms with Crippen LogP contribution in [-0.2, 0) is 4.74 Å². The molecule has 1 atom stereocenters. The molecular formula is C16H24O5. The normalized spacial score (nSPS) is 12.1. The summed E-state index contributed by atoms with van der Waals surface area (Å²) >= 11 is 0. The van der Waals surface area contributed by atoms with Crippen LogP contribution in [0.4, 0.5) is 0 Å². The molecule has 1 rings (SSSR count). The number of benzene rings is 1. The molecule has 0 saturated heterocycles. The molecule has 0 spiro atoms. The fraction of sp³-hybridized carbons (Fsp3) is 0.562. The summed E-state index contributed by atoms with van der Waals surface area (Å²) in [7, 11) is 0. The third-order valence-electron chi connectivity index (χ3n) is 3.00. The third kappa shape index (κ3) is 7.11. The van der Waals surface area contributed by atoms with E-state index in [0.29, 0.717) is 6.61 Å². The molecule has 1 aromatic carbocycles. The quantitative estimate of drug-likeness (QED) is 0.614. The number of rotatable bonds is 11. The summed E-state index contributed by atoms with van der Waals surface area (Å²) in [6, 6.07) is 6.36. The average Bonchev–Trinajstić information content (AvgIpc) is 2.49. The lowest BCUT2D eigenvalue weighted by molar-refractivity contribution is 0.0107. The second kappa shape index (κ2) is 10.2. The third-order valence-corrected chi connectivity index (χ3v) is 3.00. The number of aromatic carboxylic acids is 1. The van der Waals surface area contributed by atoms with E-state index < -0.39 is 12.1 Å². The summed E-state index contributed by atoms with van der Waals surface area (Å²) in [5, 5.41) is 18.8. The Morgan fingerprint density at radius 1 is 1.19 bits per heavy atom. The van der Waals surface area contributed by atoms with Crippen LogP contribution in [0.15, 0.2) is 24.3 Å². The van der Waals surface area contributed by atoms with Gasteiger partial charge in [0.15, 0.2) is 0 Å². The van der Waals surface area contributed by atoms with Gasteiger partial charge in [-0.05, 0) is 18.6 Å². The average molecular weight is 296 g/mol. The molecule has 0 saturated carbocycles. The van der Waals surface area contributed by atoms with Crippen LogP contribution in [0.5, 0.6) is 5.75 Å². The van der Waals surface area contributed by atoms with Crippen molar-refractivity contribution in [1.82, 2.24) is 0 Å². The summed E-state index contributed by atoms with van der Waals surface area (Å²) in [5.74, 6) is -0.792. The van der Waals surface area contributed by atoms with Crippen LogP contribution in [0.25, 0.3) is 0 Å². The number of para-hydroxylation sites is 1. The van der Waals surface area contributed by atoms with E-state index in [1.54, 1.807) is 18.2 Å². The first-order chi connectivity index (χ1) is 10.1. The first kappa shape index (κ1) is 17.5. The van der Waals surface area contributed by atoms with Gasteiger partial charge in [-0.25, -0.2) is 4.79 Å². The number of unbranched alkanes of at least 4 members (excludes halogenated alkanes) is 3. The van der Waals surface area contributed by atoms with E-state index in [1.165, 1.54) is 18.9 Å². The molecule has 0 aromatic heterocycles. The number of carbonyl (C=O) groups is 1. The van der Waals surface area contributed by atoms with Gasteiger partial charge in [0.25, 0.3) is 0 Å². The monoisotopic (exact) mass is 296 g/mol. The SMILES string of the molecule is CCCCCCOC[C@H](O)COc1ccccc1C(=O)O. The van der Waals surface area contributed by atoms with E-state index in [0.717, 1.165) is 12.8 Å². The van der Waals surface area contributed by atoms with Crippen molar-refractivity contribution in [3.8, 4) is 5.75 Å². The minimum atomic E-state index is -1.05. The topological polar surface area (TPSA) is 76.0 Å². The lowest BCUT2D eigenvalue weighted by atomic mass is 10.2. The molecule has 0 heterocycles. The van der Waals surface area contributed by atoms with Crippen molar-refractivity contribution in [3.05, 3.63) is 29.8 Å².